The first-order chi connectivity index (χ1) is 8.79. The molecular weight excluding hydrogens is 234 g/mol. The molecule has 0 saturated heterocycles. The second-order valence-corrected chi connectivity index (χ2v) is 7.07. The SMILES string of the molecule is CC(C)CN(C(C)C)C1CCC(C#N)(NC(C)C)C1. The van der Waals surface area contributed by atoms with Crippen LogP contribution >= 0.6 is 0 Å². The average molecular weight is 265 g/mol. The van der Waals surface area contributed by atoms with Gasteiger partial charge in [-0.05, 0) is 52.9 Å². The van der Waals surface area contributed by atoms with Gasteiger partial charge in [0, 0.05) is 24.7 Å². The van der Waals surface area contributed by atoms with E-state index in [1.54, 1.807) is 0 Å². The summed E-state index contributed by atoms with van der Waals surface area (Å²) >= 11 is 0. The normalized spacial score (nSPS) is 27.7. The fourth-order valence-electron chi connectivity index (χ4n) is 3.32. The summed E-state index contributed by atoms with van der Waals surface area (Å²) in [6.45, 7) is 14.5. The van der Waals surface area contributed by atoms with Gasteiger partial charge in [0.05, 0.1) is 6.07 Å². The van der Waals surface area contributed by atoms with Gasteiger partial charge in [-0.1, -0.05) is 13.8 Å². The second kappa shape index (κ2) is 6.72. The Morgan fingerprint density at radius 1 is 1.26 bits per heavy atom. The van der Waals surface area contributed by atoms with Gasteiger partial charge in [0.25, 0.3) is 0 Å². The molecule has 2 unspecified atom stereocenters. The highest BCUT2D eigenvalue weighted by molar-refractivity contribution is 5.14. The molecule has 0 spiro atoms. The van der Waals surface area contributed by atoms with Crippen molar-refractivity contribution in [2.75, 3.05) is 6.54 Å². The Kier molecular flexibility index (Phi) is 5.82. The molecule has 1 aliphatic rings. The number of hydrogen-bond acceptors (Lipinski definition) is 3. The molecule has 3 heteroatoms. The predicted molar refractivity (Wildman–Crippen MR) is 80.9 cm³/mol. The molecule has 0 heterocycles. The third-order valence-electron chi connectivity index (χ3n) is 3.98. The fraction of sp³-hybridized carbons (Fsp3) is 0.938. The summed E-state index contributed by atoms with van der Waals surface area (Å²) in [6, 6.07) is 4.03. The number of nitrogens with zero attached hydrogens (tertiary/aromatic N) is 2. The van der Waals surface area contributed by atoms with E-state index in [9.17, 15) is 5.26 Å². The van der Waals surface area contributed by atoms with Gasteiger partial charge in [-0.25, -0.2) is 0 Å². The smallest absolute Gasteiger partial charge is 0.108 e. The summed E-state index contributed by atoms with van der Waals surface area (Å²) in [5, 5.41) is 13.0. The lowest BCUT2D eigenvalue weighted by Crippen LogP contribution is -2.48. The van der Waals surface area contributed by atoms with E-state index in [1.807, 2.05) is 0 Å². The maximum atomic E-state index is 9.55. The molecule has 0 amide bonds. The monoisotopic (exact) mass is 265 g/mol. The van der Waals surface area contributed by atoms with Crippen LogP contribution in [0.2, 0.25) is 0 Å². The quantitative estimate of drug-likeness (QED) is 0.802. The molecule has 0 aromatic heterocycles. The molecule has 19 heavy (non-hydrogen) atoms. The molecule has 110 valence electrons. The molecule has 1 fully saturated rings. The Morgan fingerprint density at radius 2 is 1.89 bits per heavy atom. The molecule has 0 radical (unpaired) electrons. The number of nitriles is 1. The molecular formula is C16H31N3. The summed E-state index contributed by atoms with van der Waals surface area (Å²) in [4.78, 5) is 2.59. The van der Waals surface area contributed by atoms with E-state index in [-0.39, 0.29) is 5.54 Å². The zero-order valence-electron chi connectivity index (χ0n) is 13.5. The minimum Gasteiger partial charge on any atom is -0.298 e. The minimum atomic E-state index is -0.303. The first kappa shape index (κ1) is 16.5. The predicted octanol–water partition coefficient (Wildman–Crippen LogP) is 3.17. The van der Waals surface area contributed by atoms with Crippen LogP contribution in [0.4, 0.5) is 0 Å². The van der Waals surface area contributed by atoms with E-state index >= 15 is 0 Å². The molecule has 1 saturated carbocycles. The van der Waals surface area contributed by atoms with E-state index in [4.69, 9.17) is 0 Å². The van der Waals surface area contributed by atoms with Crippen molar-refractivity contribution in [1.82, 2.24) is 10.2 Å². The number of nitrogens with one attached hydrogen (secondary N) is 1. The van der Waals surface area contributed by atoms with E-state index in [2.05, 4.69) is 57.8 Å². The van der Waals surface area contributed by atoms with Crippen molar-refractivity contribution >= 4 is 0 Å². The Labute approximate surface area is 119 Å². The largest absolute Gasteiger partial charge is 0.298 e. The van der Waals surface area contributed by atoms with Crippen molar-refractivity contribution in [3.63, 3.8) is 0 Å². The van der Waals surface area contributed by atoms with Gasteiger partial charge in [0.15, 0.2) is 0 Å². The zero-order valence-corrected chi connectivity index (χ0v) is 13.5. The topological polar surface area (TPSA) is 39.1 Å². The molecule has 1 rings (SSSR count). The van der Waals surface area contributed by atoms with Gasteiger partial charge in [0.2, 0.25) is 0 Å². The Morgan fingerprint density at radius 3 is 2.32 bits per heavy atom. The number of rotatable bonds is 6. The third kappa shape index (κ3) is 4.47. The average Bonchev–Trinajstić information content (AvgIpc) is 2.69. The molecule has 0 aromatic rings. The molecule has 1 N–H and O–H groups in total. The van der Waals surface area contributed by atoms with E-state index < -0.39 is 0 Å². The Bertz CT molecular complexity index is 316. The van der Waals surface area contributed by atoms with Gasteiger partial charge >= 0.3 is 0 Å². The fourth-order valence-corrected chi connectivity index (χ4v) is 3.32. The van der Waals surface area contributed by atoms with Crippen LogP contribution in [0, 0.1) is 17.2 Å². The van der Waals surface area contributed by atoms with Crippen LogP contribution in [0.25, 0.3) is 0 Å². The summed E-state index contributed by atoms with van der Waals surface area (Å²) < 4.78 is 0. The summed E-state index contributed by atoms with van der Waals surface area (Å²) in [5.74, 6) is 0.678. The molecule has 0 aliphatic heterocycles. The van der Waals surface area contributed by atoms with Crippen LogP contribution in [0.15, 0.2) is 0 Å². The highest BCUT2D eigenvalue weighted by atomic mass is 15.2. The molecule has 3 nitrogen and oxygen atoms in total. The van der Waals surface area contributed by atoms with Gasteiger partial charge < -0.3 is 0 Å². The highest BCUT2D eigenvalue weighted by Gasteiger charge is 2.42. The molecule has 0 bridgehead atoms. The van der Waals surface area contributed by atoms with E-state index in [1.165, 1.54) is 0 Å². The Balaban J connectivity index is 2.74. The lowest BCUT2D eigenvalue weighted by molar-refractivity contribution is 0.132. The molecule has 2 atom stereocenters. The Hall–Kier alpha value is -0.590. The summed E-state index contributed by atoms with van der Waals surface area (Å²) in [5.41, 5.74) is -0.303. The summed E-state index contributed by atoms with van der Waals surface area (Å²) in [7, 11) is 0. The van der Waals surface area contributed by atoms with Gasteiger partial charge in [-0.15, -0.1) is 0 Å². The van der Waals surface area contributed by atoms with Gasteiger partial charge in [-0.3, -0.25) is 10.2 Å². The first-order valence-electron chi connectivity index (χ1n) is 7.74. The molecule has 1 aliphatic carbocycles. The third-order valence-corrected chi connectivity index (χ3v) is 3.98. The van der Waals surface area contributed by atoms with Crippen molar-refractivity contribution in [3.05, 3.63) is 0 Å². The van der Waals surface area contributed by atoms with Crippen LogP contribution < -0.4 is 5.32 Å². The van der Waals surface area contributed by atoms with E-state index in [0.717, 1.165) is 25.8 Å². The lowest BCUT2D eigenvalue weighted by Gasteiger charge is -2.35. The highest BCUT2D eigenvalue weighted by Crippen LogP contribution is 2.34. The maximum absolute atomic E-state index is 9.55. The zero-order chi connectivity index (χ0) is 14.6. The van der Waals surface area contributed by atoms with Crippen molar-refractivity contribution in [3.8, 4) is 6.07 Å². The second-order valence-electron chi connectivity index (χ2n) is 7.07. The van der Waals surface area contributed by atoms with Crippen molar-refractivity contribution < 1.29 is 0 Å². The van der Waals surface area contributed by atoms with Crippen LogP contribution in [-0.2, 0) is 0 Å². The first-order valence-corrected chi connectivity index (χ1v) is 7.74. The van der Waals surface area contributed by atoms with Crippen LogP contribution in [0.1, 0.15) is 60.8 Å². The standard InChI is InChI=1S/C16H31N3/c1-12(2)10-19(14(5)6)15-7-8-16(9-15,11-17)18-13(3)4/h12-15,18H,7-10H2,1-6H3. The summed E-state index contributed by atoms with van der Waals surface area (Å²) in [6.07, 6.45) is 3.08. The molecule has 0 aromatic carbocycles. The van der Waals surface area contributed by atoms with Crippen LogP contribution in [0.3, 0.4) is 0 Å². The van der Waals surface area contributed by atoms with Crippen molar-refractivity contribution in [2.45, 2.75) is 84.5 Å². The minimum absolute atomic E-state index is 0.303. The van der Waals surface area contributed by atoms with Crippen molar-refractivity contribution in [1.29, 1.82) is 5.26 Å². The van der Waals surface area contributed by atoms with Gasteiger partial charge in [0.1, 0.15) is 5.54 Å². The van der Waals surface area contributed by atoms with Crippen LogP contribution in [-0.4, -0.2) is 35.1 Å². The lowest BCUT2D eigenvalue weighted by atomic mass is 9.97. The number of hydrogen-bond donors (Lipinski definition) is 1. The van der Waals surface area contributed by atoms with Crippen LogP contribution in [0.5, 0.6) is 0 Å². The maximum Gasteiger partial charge on any atom is 0.108 e. The van der Waals surface area contributed by atoms with Crippen molar-refractivity contribution in [2.24, 2.45) is 5.92 Å². The van der Waals surface area contributed by atoms with E-state index in [0.29, 0.717) is 24.0 Å². The van der Waals surface area contributed by atoms with Gasteiger partial charge in [-0.2, -0.15) is 5.26 Å².